The maximum absolute atomic E-state index is 11.9. The van der Waals surface area contributed by atoms with Crippen LogP contribution in [-0.4, -0.2) is 31.7 Å². The molecule has 0 bridgehead atoms. The summed E-state index contributed by atoms with van der Waals surface area (Å²) in [5.41, 5.74) is 1.06. The first-order chi connectivity index (χ1) is 10.6. The lowest BCUT2D eigenvalue weighted by Crippen LogP contribution is -2.26. The summed E-state index contributed by atoms with van der Waals surface area (Å²) in [5, 5.41) is 2.78. The van der Waals surface area contributed by atoms with Gasteiger partial charge >= 0.3 is 0 Å². The molecule has 0 spiro atoms. The van der Waals surface area contributed by atoms with E-state index in [1.165, 1.54) is 12.3 Å². The van der Waals surface area contributed by atoms with Gasteiger partial charge < -0.3 is 19.8 Å². The highest BCUT2D eigenvalue weighted by molar-refractivity contribution is 5.93. The van der Waals surface area contributed by atoms with Crippen molar-refractivity contribution in [1.29, 1.82) is 0 Å². The molecule has 0 saturated heterocycles. The Morgan fingerprint density at radius 2 is 1.91 bits per heavy atom. The fraction of sp³-hybridized carbons (Fsp3) is 0.250. The van der Waals surface area contributed by atoms with E-state index in [0.717, 1.165) is 5.56 Å². The van der Waals surface area contributed by atoms with Crippen LogP contribution in [0.2, 0.25) is 0 Å². The summed E-state index contributed by atoms with van der Waals surface area (Å²) < 4.78 is 10.4. The molecule has 0 radical (unpaired) electrons. The summed E-state index contributed by atoms with van der Waals surface area (Å²) in [6, 6.07) is 8.45. The Bertz CT molecular complexity index is 709. The van der Waals surface area contributed by atoms with Crippen molar-refractivity contribution in [3.8, 4) is 11.5 Å². The predicted molar refractivity (Wildman–Crippen MR) is 82.6 cm³/mol. The van der Waals surface area contributed by atoms with E-state index in [4.69, 9.17) is 9.47 Å². The van der Waals surface area contributed by atoms with Crippen LogP contribution in [0.25, 0.3) is 0 Å². The fourth-order valence-corrected chi connectivity index (χ4v) is 2.04. The normalized spacial score (nSPS) is 10.1. The minimum absolute atomic E-state index is 0.272. The quantitative estimate of drug-likeness (QED) is 0.844. The molecule has 2 rings (SSSR count). The van der Waals surface area contributed by atoms with E-state index in [0.29, 0.717) is 30.0 Å². The van der Waals surface area contributed by atoms with Gasteiger partial charge in [0.1, 0.15) is 0 Å². The minimum atomic E-state index is -0.299. The number of pyridine rings is 1. The summed E-state index contributed by atoms with van der Waals surface area (Å²) >= 11 is 0. The summed E-state index contributed by atoms with van der Waals surface area (Å²) in [6.45, 7) is 0.459. The molecule has 0 fully saturated rings. The average molecular weight is 302 g/mol. The minimum Gasteiger partial charge on any atom is -0.493 e. The highest BCUT2D eigenvalue weighted by atomic mass is 16.5. The van der Waals surface area contributed by atoms with E-state index in [2.05, 4.69) is 10.3 Å². The van der Waals surface area contributed by atoms with Crippen LogP contribution in [0.4, 0.5) is 0 Å². The second-order valence-corrected chi connectivity index (χ2v) is 4.64. The average Bonchev–Trinajstić information content (AvgIpc) is 2.54. The second-order valence-electron chi connectivity index (χ2n) is 4.64. The number of H-pyrrole nitrogens is 1. The maximum atomic E-state index is 11.9. The van der Waals surface area contributed by atoms with Gasteiger partial charge in [-0.05, 0) is 30.2 Å². The Labute approximate surface area is 128 Å². The Morgan fingerprint density at radius 3 is 2.59 bits per heavy atom. The van der Waals surface area contributed by atoms with Gasteiger partial charge in [0.05, 0.1) is 14.2 Å². The molecule has 0 aliphatic rings. The number of carbonyl (C=O) groups is 1. The molecule has 2 N–H and O–H groups in total. The van der Waals surface area contributed by atoms with E-state index < -0.39 is 0 Å². The van der Waals surface area contributed by atoms with E-state index in [1.54, 1.807) is 20.3 Å². The molecule has 116 valence electrons. The highest BCUT2D eigenvalue weighted by Crippen LogP contribution is 2.27. The third kappa shape index (κ3) is 3.88. The van der Waals surface area contributed by atoms with Crippen molar-refractivity contribution >= 4 is 5.91 Å². The number of hydrogen-bond acceptors (Lipinski definition) is 4. The Balaban J connectivity index is 1.93. The van der Waals surface area contributed by atoms with Gasteiger partial charge in [-0.2, -0.15) is 0 Å². The van der Waals surface area contributed by atoms with E-state index in [1.807, 2.05) is 18.2 Å². The lowest BCUT2D eigenvalue weighted by Gasteiger charge is -2.10. The zero-order valence-electron chi connectivity index (χ0n) is 12.5. The number of hydrogen-bond donors (Lipinski definition) is 2. The first-order valence-electron chi connectivity index (χ1n) is 6.82. The number of amides is 1. The first kappa shape index (κ1) is 15.6. The predicted octanol–water partition coefficient (Wildman–Crippen LogP) is 1.36. The number of aromatic amines is 1. The molecule has 0 atom stereocenters. The standard InChI is InChI=1S/C16H18N2O4/c1-21-13-4-3-11(9-14(13)22-2)5-7-18-16(20)12-6-8-17-15(19)10-12/h3-4,6,8-10H,5,7H2,1-2H3,(H,17,19)(H,18,20). The SMILES string of the molecule is COc1ccc(CCNC(=O)c2cc[nH]c(=O)c2)cc1OC. The fourth-order valence-electron chi connectivity index (χ4n) is 2.04. The van der Waals surface area contributed by atoms with Gasteiger partial charge in [-0.15, -0.1) is 0 Å². The van der Waals surface area contributed by atoms with Crippen molar-refractivity contribution in [1.82, 2.24) is 10.3 Å². The molecule has 1 aromatic heterocycles. The van der Waals surface area contributed by atoms with Crippen LogP contribution in [0.1, 0.15) is 15.9 Å². The Hall–Kier alpha value is -2.76. The summed E-state index contributed by atoms with van der Waals surface area (Å²) in [5.74, 6) is 1.05. The van der Waals surface area contributed by atoms with Crippen LogP contribution in [0, 0.1) is 0 Å². The largest absolute Gasteiger partial charge is 0.493 e. The molecular weight excluding hydrogens is 284 g/mol. The molecule has 1 amide bonds. The number of aromatic nitrogens is 1. The van der Waals surface area contributed by atoms with Crippen LogP contribution >= 0.6 is 0 Å². The first-order valence-corrected chi connectivity index (χ1v) is 6.82. The van der Waals surface area contributed by atoms with Gasteiger partial charge in [-0.25, -0.2) is 0 Å². The van der Waals surface area contributed by atoms with Crippen LogP contribution in [0.3, 0.4) is 0 Å². The van der Waals surface area contributed by atoms with Crippen LogP contribution in [0.5, 0.6) is 11.5 Å². The number of carbonyl (C=O) groups excluding carboxylic acids is 1. The van der Waals surface area contributed by atoms with Crippen molar-refractivity contribution in [2.24, 2.45) is 0 Å². The Morgan fingerprint density at radius 1 is 1.14 bits per heavy atom. The third-order valence-electron chi connectivity index (χ3n) is 3.18. The molecule has 1 heterocycles. The number of rotatable bonds is 6. The number of benzene rings is 1. The molecule has 6 nitrogen and oxygen atoms in total. The van der Waals surface area contributed by atoms with Crippen molar-refractivity contribution < 1.29 is 14.3 Å². The van der Waals surface area contributed by atoms with Crippen molar-refractivity contribution in [3.63, 3.8) is 0 Å². The van der Waals surface area contributed by atoms with E-state index >= 15 is 0 Å². The molecule has 2 aromatic rings. The van der Waals surface area contributed by atoms with Crippen molar-refractivity contribution in [2.45, 2.75) is 6.42 Å². The molecule has 0 aliphatic heterocycles. The van der Waals surface area contributed by atoms with Gasteiger partial charge in [0.25, 0.3) is 5.91 Å². The van der Waals surface area contributed by atoms with Crippen LogP contribution in [0.15, 0.2) is 41.3 Å². The molecule has 0 unspecified atom stereocenters. The summed E-state index contributed by atoms with van der Waals surface area (Å²) in [4.78, 5) is 25.5. The molecule has 0 aliphatic carbocycles. The number of methoxy groups -OCH3 is 2. The summed E-state index contributed by atoms with van der Waals surface area (Å²) in [7, 11) is 3.16. The van der Waals surface area contributed by atoms with E-state index in [-0.39, 0.29) is 11.5 Å². The van der Waals surface area contributed by atoms with Gasteiger partial charge in [0, 0.05) is 24.4 Å². The second kappa shape index (κ2) is 7.31. The maximum Gasteiger partial charge on any atom is 0.251 e. The van der Waals surface area contributed by atoms with Gasteiger partial charge in [0.2, 0.25) is 5.56 Å². The van der Waals surface area contributed by atoms with Crippen molar-refractivity contribution in [2.75, 3.05) is 20.8 Å². The topological polar surface area (TPSA) is 80.4 Å². The van der Waals surface area contributed by atoms with Gasteiger partial charge in [-0.3, -0.25) is 9.59 Å². The summed E-state index contributed by atoms with van der Waals surface area (Å²) in [6.07, 6.45) is 2.10. The Kier molecular flexibility index (Phi) is 5.19. The molecule has 0 saturated carbocycles. The van der Waals surface area contributed by atoms with Crippen LogP contribution < -0.4 is 20.3 Å². The molecule has 1 aromatic carbocycles. The van der Waals surface area contributed by atoms with E-state index in [9.17, 15) is 9.59 Å². The van der Waals surface area contributed by atoms with Crippen LogP contribution in [-0.2, 0) is 6.42 Å². The molecular formula is C16H18N2O4. The third-order valence-corrected chi connectivity index (χ3v) is 3.18. The van der Waals surface area contributed by atoms with Crippen molar-refractivity contribution in [3.05, 3.63) is 58.0 Å². The zero-order chi connectivity index (χ0) is 15.9. The monoisotopic (exact) mass is 302 g/mol. The van der Waals surface area contributed by atoms with Gasteiger partial charge in [-0.1, -0.05) is 6.07 Å². The lowest BCUT2D eigenvalue weighted by atomic mass is 10.1. The number of nitrogens with one attached hydrogen (secondary N) is 2. The zero-order valence-corrected chi connectivity index (χ0v) is 12.5. The molecule has 6 heteroatoms. The lowest BCUT2D eigenvalue weighted by molar-refractivity contribution is 0.0954. The molecule has 22 heavy (non-hydrogen) atoms. The number of ether oxygens (including phenoxy) is 2. The highest BCUT2D eigenvalue weighted by Gasteiger charge is 2.07. The smallest absolute Gasteiger partial charge is 0.251 e. The van der Waals surface area contributed by atoms with Gasteiger partial charge in [0.15, 0.2) is 11.5 Å².